The molecule has 2 aromatic rings. The summed E-state index contributed by atoms with van der Waals surface area (Å²) in [5.74, 6) is -0.641. The molecule has 0 spiro atoms. The molecule has 8 nitrogen and oxygen atoms in total. The molecule has 2 rings (SSSR count). The summed E-state index contributed by atoms with van der Waals surface area (Å²) in [6.45, 7) is 1.78. The summed E-state index contributed by atoms with van der Waals surface area (Å²) in [6, 6.07) is 10.8. The number of benzene rings is 1. The van der Waals surface area contributed by atoms with Crippen LogP contribution in [0.3, 0.4) is 0 Å². The first-order valence-corrected chi connectivity index (χ1v) is 7.48. The lowest BCUT2D eigenvalue weighted by Gasteiger charge is -2.06. The Balaban J connectivity index is 1.78. The van der Waals surface area contributed by atoms with Crippen molar-refractivity contribution in [3.8, 4) is 11.3 Å². The van der Waals surface area contributed by atoms with Crippen molar-refractivity contribution in [2.75, 3.05) is 6.54 Å². The molecule has 0 saturated heterocycles. The molecule has 24 heavy (non-hydrogen) atoms. The Morgan fingerprint density at radius 1 is 1.08 bits per heavy atom. The second kappa shape index (κ2) is 8.47. The van der Waals surface area contributed by atoms with Crippen molar-refractivity contribution in [2.24, 2.45) is 0 Å². The molecule has 0 saturated carbocycles. The van der Waals surface area contributed by atoms with E-state index in [1.54, 1.807) is 6.92 Å². The Hall–Kier alpha value is -3.16. The summed E-state index contributed by atoms with van der Waals surface area (Å²) in [6.07, 6.45) is 0.298. The summed E-state index contributed by atoms with van der Waals surface area (Å²) in [5.41, 5.74) is 5.44. The maximum atomic E-state index is 11.9. The number of nitrogens with one attached hydrogen (secondary N) is 3. The van der Waals surface area contributed by atoms with Gasteiger partial charge in [-0.15, -0.1) is 0 Å². The lowest BCUT2D eigenvalue weighted by Crippen LogP contribution is -2.42. The Morgan fingerprint density at radius 3 is 2.50 bits per heavy atom. The zero-order chi connectivity index (χ0) is 17.4. The van der Waals surface area contributed by atoms with Crippen LogP contribution in [0.4, 0.5) is 0 Å². The molecule has 126 valence electrons. The van der Waals surface area contributed by atoms with Gasteiger partial charge in [0.25, 0.3) is 5.91 Å². The number of hydrazine groups is 1. The first-order chi connectivity index (χ1) is 11.6. The van der Waals surface area contributed by atoms with Gasteiger partial charge in [-0.2, -0.15) is 0 Å². The average molecular weight is 330 g/mol. The highest BCUT2D eigenvalue weighted by molar-refractivity contribution is 5.93. The van der Waals surface area contributed by atoms with Crippen LogP contribution in [0.2, 0.25) is 0 Å². The largest absolute Gasteiger partial charge is 0.355 e. The molecule has 0 aliphatic carbocycles. The van der Waals surface area contributed by atoms with Crippen LogP contribution >= 0.6 is 0 Å². The van der Waals surface area contributed by atoms with Gasteiger partial charge in [-0.25, -0.2) is 0 Å². The van der Waals surface area contributed by atoms with E-state index in [0.29, 0.717) is 5.76 Å². The van der Waals surface area contributed by atoms with E-state index in [1.165, 1.54) is 6.07 Å². The fourth-order valence-electron chi connectivity index (χ4n) is 1.79. The molecule has 1 heterocycles. The van der Waals surface area contributed by atoms with Crippen molar-refractivity contribution < 1.29 is 18.9 Å². The topological polar surface area (TPSA) is 113 Å². The molecule has 0 aliphatic rings. The van der Waals surface area contributed by atoms with Crippen molar-refractivity contribution in [2.45, 2.75) is 19.8 Å². The van der Waals surface area contributed by atoms with Crippen LogP contribution in [0.15, 0.2) is 40.9 Å². The minimum Gasteiger partial charge on any atom is -0.355 e. The zero-order valence-corrected chi connectivity index (χ0v) is 13.2. The first-order valence-electron chi connectivity index (χ1n) is 7.48. The van der Waals surface area contributed by atoms with Crippen molar-refractivity contribution in [1.29, 1.82) is 0 Å². The van der Waals surface area contributed by atoms with Crippen LogP contribution in [0, 0.1) is 0 Å². The number of rotatable bonds is 6. The van der Waals surface area contributed by atoms with E-state index in [4.69, 9.17) is 4.52 Å². The molecular formula is C16H18N4O4. The Morgan fingerprint density at radius 2 is 1.79 bits per heavy atom. The maximum absolute atomic E-state index is 11.9. The molecule has 8 heteroatoms. The SMILES string of the molecule is CCC(=O)NNC(=O)CCNC(=O)c1cc(-c2ccccc2)on1. The van der Waals surface area contributed by atoms with E-state index in [2.05, 4.69) is 21.3 Å². The number of hydrogen-bond donors (Lipinski definition) is 3. The molecule has 0 unspecified atom stereocenters. The normalized spacial score (nSPS) is 10.0. The lowest BCUT2D eigenvalue weighted by molar-refractivity contribution is -0.128. The first kappa shape index (κ1) is 17.2. The number of hydrogen-bond acceptors (Lipinski definition) is 5. The lowest BCUT2D eigenvalue weighted by atomic mass is 10.1. The summed E-state index contributed by atoms with van der Waals surface area (Å²) in [5, 5.41) is 6.28. The van der Waals surface area contributed by atoms with E-state index < -0.39 is 11.8 Å². The summed E-state index contributed by atoms with van der Waals surface area (Å²) in [7, 11) is 0. The van der Waals surface area contributed by atoms with Gasteiger partial charge >= 0.3 is 0 Å². The van der Waals surface area contributed by atoms with Crippen LogP contribution in [-0.4, -0.2) is 29.4 Å². The molecule has 0 fully saturated rings. The summed E-state index contributed by atoms with van der Waals surface area (Å²) >= 11 is 0. The highest BCUT2D eigenvalue weighted by Gasteiger charge is 2.13. The minimum absolute atomic E-state index is 0.0269. The third-order valence-electron chi connectivity index (χ3n) is 3.10. The fraction of sp³-hybridized carbons (Fsp3) is 0.250. The fourth-order valence-corrected chi connectivity index (χ4v) is 1.79. The number of aromatic nitrogens is 1. The second-order valence-electron chi connectivity index (χ2n) is 4.90. The van der Waals surface area contributed by atoms with Crippen LogP contribution in [0.5, 0.6) is 0 Å². The Bertz CT molecular complexity index is 712. The van der Waals surface area contributed by atoms with Crippen molar-refractivity contribution in [3.63, 3.8) is 0 Å². The van der Waals surface area contributed by atoms with Crippen LogP contribution in [0.1, 0.15) is 30.3 Å². The van der Waals surface area contributed by atoms with Gasteiger partial charge in [0.05, 0.1) is 0 Å². The molecular weight excluding hydrogens is 312 g/mol. The quantitative estimate of drug-likeness (QED) is 0.684. The van der Waals surface area contributed by atoms with Crippen LogP contribution < -0.4 is 16.2 Å². The average Bonchev–Trinajstić information content (AvgIpc) is 3.10. The Labute approximate surface area is 138 Å². The van der Waals surface area contributed by atoms with Crippen molar-refractivity contribution in [3.05, 3.63) is 42.1 Å². The van der Waals surface area contributed by atoms with Gasteiger partial charge in [0.1, 0.15) is 0 Å². The molecule has 0 aliphatic heterocycles. The molecule has 1 aromatic carbocycles. The summed E-state index contributed by atoms with van der Waals surface area (Å²) < 4.78 is 5.14. The maximum Gasteiger partial charge on any atom is 0.273 e. The van der Waals surface area contributed by atoms with Gasteiger partial charge in [-0.05, 0) is 0 Å². The van der Waals surface area contributed by atoms with E-state index in [1.807, 2.05) is 30.3 Å². The second-order valence-corrected chi connectivity index (χ2v) is 4.90. The molecule has 0 radical (unpaired) electrons. The number of carbonyl (C=O) groups excluding carboxylic acids is 3. The van der Waals surface area contributed by atoms with E-state index in [-0.39, 0.29) is 31.0 Å². The molecule has 3 N–H and O–H groups in total. The van der Waals surface area contributed by atoms with Crippen LogP contribution in [-0.2, 0) is 9.59 Å². The number of nitrogens with zero attached hydrogens (tertiary/aromatic N) is 1. The van der Waals surface area contributed by atoms with Crippen molar-refractivity contribution >= 4 is 17.7 Å². The Kier molecular flexibility index (Phi) is 6.07. The predicted octanol–water partition coefficient (Wildman–Crippen LogP) is 1.02. The third-order valence-corrected chi connectivity index (χ3v) is 3.10. The monoisotopic (exact) mass is 330 g/mol. The number of carbonyl (C=O) groups is 3. The van der Waals surface area contributed by atoms with E-state index >= 15 is 0 Å². The molecule has 3 amide bonds. The molecule has 1 aromatic heterocycles. The summed E-state index contributed by atoms with van der Waals surface area (Å²) in [4.78, 5) is 34.4. The smallest absolute Gasteiger partial charge is 0.273 e. The van der Waals surface area contributed by atoms with Crippen LogP contribution in [0.25, 0.3) is 11.3 Å². The van der Waals surface area contributed by atoms with E-state index in [0.717, 1.165) is 5.56 Å². The van der Waals surface area contributed by atoms with E-state index in [9.17, 15) is 14.4 Å². The zero-order valence-electron chi connectivity index (χ0n) is 13.2. The van der Waals surface area contributed by atoms with Crippen molar-refractivity contribution in [1.82, 2.24) is 21.3 Å². The highest BCUT2D eigenvalue weighted by atomic mass is 16.5. The molecule has 0 bridgehead atoms. The van der Waals surface area contributed by atoms with Gasteiger partial charge < -0.3 is 9.84 Å². The standard InChI is InChI=1S/C16H18N4O4/c1-2-14(21)18-19-15(22)8-9-17-16(23)12-10-13(24-20-12)11-6-4-3-5-7-11/h3-7,10H,2,8-9H2,1H3,(H,17,23)(H,18,21)(H,19,22). The van der Waals surface area contributed by atoms with Gasteiger partial charge in [-0.1, -0.05) is 42.4 Å². The van der Waals surface area contributed by atoms with Gasteiger partial charge in [0.15, 0.2) is 11.5 Å². The van der Waals surface area contributed by atoms with Gasteiger partial charge in [-0.3, -0.25) is 25.2 Å². The van der Waals surface area contributed by atoms with Gasteiger partial charge in [0, 0.05) is 31.0 Å². The number of amides is 3. The molecule has 0 atom stereocenters. The predicted molar refractivity (Wildman–Crippen MR) is 85.5 cm³/mol. The minimum atomic E-state index is -0.439. The van der Waals surface area contributed by atoms with Gasteiger partial charge in [0.2, 0.25) is 11.8 Å². The third kappa shape index (κ3) is 4.94. The highest BCUT2D eigenvalue weighted by Crippen LogP contribution is 2.19.